The first-order chi connectivity index (χ1) is 8.24. The third-order valence-corrected chi connectivity index (χ3v) is 3.47. The van der Waals surface area contributed by atoms with Crippen molar-refractivity contribution in [2.45, 2.75) is 25.7 Å². The van der Waals surface area contributed by atoms with Crippen LogP contribution in [0.25, 0.3) is 0 Å². The second kappa shape index (κ2) is 5.58. The molecule has 0 unspecified atom stereocenters. The summed E-state index contributed by atoms with van der Waals surface area (Å²) in [4.78, 5) is 2.13. The fraction of sp³-hybridized carbons (Fsp3) is 0.500. The third kappa shape index (κ3) is 3.89. The number of rotatable bonds is 5. The summed E-state index contributed by atoms with van der Waals surface area (Å²) in [6.07, 6.45) is 0. The fourth-order valence-corrected chi connectivity index (χ4v) is 2.40. The molecule has 0 aliphatic carbocycles. The first-order valence-corrected chi connectivity index (χ1v) is 7.47. The molecule has 0 amide bonds. The summed E-state index contributed by atoms with van der Waals surface area (Å²) in [7, 11) is -3.72. The van der Waals surface area contributed by atoms with Crippen LogP contribution in [0, 0.1) is 5.92 Å². The molecule has 0 saturated heterocycles. The Morgan fingerprint density at radius 1 is 1.28 bits per heavy atom. The minimum atomic E-state index is -3.72. The van der Waals surface area contributed by atoms with Gasteiger partial charge in [-0.25, -0.2) is 13.6 Å². The third-order valence-electron chi connectivity index (χ3n) is 2.57. The number of nitrogens with zero attached hydrogens (tertiary/aromatic N) is 1. The van der Waals surface area contributed by atoms with E-state index < -0.39 is 10.0 Å². The highest BCUT2D eigenvalue weighted by Gasteiger charge is 2.13. The van der Waals surface area contributed by atoms with Crippen LogP contribution in [0.15, 0.2) is 23.1 Å². The van der Waals surface area contributed by atoms with Gasteiger partial charge in [-0.15, -0.1) is 0 Å². The molecule has 0 spiro atoms. The smallest absolute Gasteiger partial charge is 0.238 e. The van der Waals surface area contributed by atoms with Gasteiger partial charge in [-0.2, -0.15) is 0 Å². The lowest BCUT2D eigenvalue weighted by Crippen LogP contribution is -2.27. The number of nitrogen functional groups attached to an aromatic ring is 1. The highest BCUT2D eigenvalue weighted by molar-refractivity contribution is 7.89. The van der Waals surface area contributed by atoms with Crippen LogP contribution in [0.5, 0.6) is 0 Å². The zero-order valence-corrected chi connectivity index (χ0v) is 11.9. The molecule has 0 aliphatic heterocycles. The second-order valence-corrected chi connectivity index (χ2v) is 6.30. The van der Waals surface area contributed by atoms with Crippen LogP contribution in [-0.2, 0) is 10.0 Å². The molecule has 0 fully saturated rings. The van der Waals surface area contributed by atoms with Crippen molar-refractivity contribution >= 4 is 21.4 Å². The molecular weight excluding hydrogens is 250 g/mol. The topological polar surface area (TPSA) is 89.4 Å². The Labute approximate surface area is 109 Å². The van der Waals surface area contributed by atoms with Gasteiger partial charge in [0.05, 0.1) is 4.90 Å². The van der Waals surface area contributed by atoms with E-state index in [1.54, 1.807) is 12.1 Å². The van der Waals surface area contributed by atoms with E-state index in [9.17, 15) is 8.42 Å². The number of hydrogen-bond acceptors (Lipinski definition) is 4. The number of nitrogens with two attached hydrogens (primary N) is 2. The summed E-state index contributed by atoms with van der Waals surface area (Å²) in [6, 6.07) is 4.71. The van der Waals surface area contributed by atoms with Crippen molar-refractivity contribution in [2.75, 3.05) is 23.7 Å². The molecule has 4 N–H and O–H groups in total. The average molecular weight is 271 g/mol. The number of sulfonamides is 1. The Morgan fingerprint density at radius 3 is 2.33 bits per heavy atom. The first kappa shape index (κ1) is 14.8. The summed E-state index contributed by atoms with van der Waals surface area (Å²) >= 11 is 0. The lowest BCUT2D eigenvalue weighted by atomic mass is 10.2. The molecular formula is C12H21N3O2S. The zero-order chi connectivity index (χ0) is 13.9. The molecule has 0 radical (unpaired) electrons. The highest BCUT2D eigenvalue weighted by atomic mass is 32.2. The van der Waals surface area contributed by atoms with Gasteiger partial charge < -0.3 is 10.6 Å². The number of anilines is 2. The lowest BCUT2D eigenvalue weighted by molar-refractivity contribution is 0.597. The molecule has 0 atom stereocenters. The predicted octanol–water partition coefficient (Wildman–Crippen LogP) is 1.40. The zero-order valence-electron chi connectivity index (χ0n) is 11.1. The molecule has 18 heavy (non-hydrogen) atoms. The van der Waals surface area contributed by atoms with Gasteiger partial charge in [-0.05, 0) is 31.0 Å². The number of primary sulfonamides is 1. The van der Waals surface area contributed by atoms with E-state index in [4.69, 9.17) is 10.9 Å². The maximum absolute atomic E-state index is 11.4. The Morgan fingerprint density at radius 2 is 1.89 bits per heavy atom. The predicted molar refractivity (Wildman–Crippen MR) is 75.0 cm³/mol. The Kier molecular flexibility index (Phi) is 4.59. The molecule has 0 aliphatic rings. The van der Waals surface area contributed by atoms with Gasteiger partial charge in [0.2, 0.25) is 10.0 Å². The summed E-state index contributed by atoms with van der Waals surface area (Å²) in [5.74, 6) is 0.476. The number of benzene rings is 1. The van der Waals surface area contributed by atoms with Crippen molar-refractivity contribution in [1.82, 2.24) is 0 Å². The van der Waals surface area contributed by atoms with Gasteiger partial charge in [-0.3, -0.25) is 0 Å². The molecule has 102 valence electrons. The molecule has 0 aromatic heterocycles. The van der Waals surface area contributed by atoms with E-state index in [1.165, 1.54) is 6.07 Å². The second-order valence-electron chi connectivity index (χ2n) is 4.74. The van der Waals surface area contributed by atoms with Gasteiger partial charge in [0, 0.05) is 24.5 Å². The van der Waals surface area contributed by atoms with Gasteiger partial charge in [0.1, 0.15) is 0 Å². The van der Waals surface area contributed by atoms with E-state index in [-0.39, 0.29) is 4.90 Å². The largest absolute Gasteiger partial charge is 0.399 e. The molecule has 0 bridgehead atoms. The maximum Gasteiger partial charge on any atom is 0.238 e. The van der Waals surface area contributed by atoms with Crippen LogP contribution >= 0.6 is 0 Å². The Hall–Kier alpha value is -1.27. The van der Waals surface area contributed by atoms with E-state index >= 15 is 0 Å². The van der Waals surface area contributed by atoms with Crippen molar-refractivity contribution in [3.8, 4) is 0 Å². The summed E-state index contributed by atoms with van der Waals surface area (Å²) in [6.45, 7) is 7.85. The van der Waals surface area contributed by atoms with E-state index in [0.29, 0.717) is 11.6 Å². The van der Waals surface area contributed by atoms with Crippen LogP contribution in [-0.4, -0.2) is 21.5 Å². The van der Waals surface area contributed by atoms with Crippen LogP contribution in [0.3, 0.4) is 0 Å². The molecule has 0 saturated carbocycles. The van der Waals surface area contributed by atoms with Gasteiger partial charge >= 0.3 is 0 Å². The Bertz CT molecular complexity index is 512. The minimum absolute atomic E-state index is 0.0553. The van der Waals surface area contributed by atoms with Gasteiger partial charge in [0.25, 0.3) is 0 Å². The SMILES string of the molecule is CCN(CC(C)C)c1cc(N)cc(S(N)(=O)=O)c1. The maximum atomic E-state index is 11.4. The van der Waals surface area contributed by atoms with Crippen LogP contribution < -0.4 is 15.8 Å². The quantitative estimate of drug-likeness (QED) is 0.792. The van der Waals surface area contributed by atoms with E-state index in [1.807, 2.05) is 6.92 Å². The molecule has 1 aromatic carbocycles. The standard InChI is InChI=1S/C12H21N3O2S/c1-4-15(8-9(2)3)11-5-10(13)6-12(7-11)18(14,16)17/h5-7,9H,4,8,13H2,1-3H3,(H2,14,16,17). The van der Waals surface area contributed by atoms with Crippen molar-refractivity contribution in [2.24, 2.45) is 11.1 Å². The monoisotopic (exact) mass is 271 g/mol. The van der Waals surface area contributed by atoms with Crippen molar-refractivity contribution in [3.63, 3.8) is 0 Å². The summed E-state index contributed by atoms with van der Waals surface area (Å²) in [5, 5.41) is 5.14. The fourth-order valence-electron chi connectivity index (χ4n) is 1.81. The van der Waals surface area contributed by atoms with Crippen molar-refractivity contribution in [1.29, 1.82) is 0 Å². The molecule has 1 rings (SSSR count). The van der Waals surface area contributed by atoms with Gasteiger partial charge in [0.15, 0.2) is 0 Å². The summed E-state index contributed by atoms with van der Waals surface area (Å²) < 4.78 is 22.7. The van der Waals surface area contributed by atoms with Crippen molar-refractivity contribution in [3.05, 3.63) is 18.2 Å². The first-order valence-electron chi connectivity index (χ1n) is 5.92. The Balaban J connectivity index is 3.20. The van der Waals surface area contributed by atoms with Gasteiger partial charge in [-0.1, -0.05) is 13.8 Å². The van der Waals surface area contributed by atoms with Crippen LogP contribution in [0.2, 0.25) is 0 Å². The summed E-state index contributed by atoms with van der Waals surface area (Å²) in [5.41, 5.74) is 6.92. The molecule has 5 nitrogen and oxygen atoms in total. The van der Waals surface area contributed by atoms with E-state index in [0.717, 1.165) is 18.8 Å². The van der Waals surface area contributed by atoms with Crippen molar-refractivity contribution < 1.29 is 8.42 Å². The average Bonchev–Trinajstić information content (AvgIpc) is 2.23. The molecule has 6 heteroatoms. The minimum Gasteiger partial charge on any atom is -0.399 e. The van der Waals surface area contributed by atoms with Crippen LogP contribution in [0.4, 0.5) is 11.4 Å². The molecule has 1 aromatic rings. The lowest BCUT2D eigenvalue weighted by Gasteiger charge is -2.25. The number of hydrogen-bond donors (Lipinski definition) is 2. The van der Waals surface area contributed by atoms with E-state index in [2.05, 4.69) is 18.7 Å². The molecule has 0 heterocycles. The normalized spacial score (nSPS) is 11.8. The van der Waals surface area contributed by atoms with Crippen LogP contribution in [0.1, 0.15) is 20.8 Å². The highest BCUT2D eigenvalue weighted by Crippen LogP contribution is 2.23.